The fraction of sp³-hybridized carbons (Fsp3) is 0.463. The Morgan fingerprint density at radius 3 is 2.56 bits per heavy atom. The highest BCUT2D eigenvalue weighted by atomic mass is 16.5. The summed E-state index contributed by atoms with van der Waals surface area (Å²) in [6.07, 6.45) is 4.08. The first-order chi connectivity index (χ1) is 24.6. The predicted octanol–water partition coefficient (Wildman–Crippen LogP) is 7.36. The SMILES string of the molecule is CCOC(=O)c1c(CCCOc2cccc3ccccc23)c2ccc(C)c3c2n1CCCCOCc1nn(CCN2CCOCC2)c(CC)c1-3. The van der Waals surface area contributed by atoms with E-state index in [4.69, 9.17) is 24.0 Å². The number of aromatic nitrogens is 3. The van der Waals surface area contributed by atoms with Crippen molar-refractivity contribution in [1.29, 1.82) is 0 Å². The van der Waals surface area contributed by atoms with Crippen LogP contribution < -0.4 is 4.74 Å². The lowest BCUT2D eigenvalue weighted by molar-refractivity contribution is 0.0358. The molecule has 0 saturated carbocycles. The van der Waals surface area contributed by atoms with Gasteiger partial charge in [0.2, 0.25) is 0 Å². The third-order valence-corrected chi connectivity index (χ3v) is 10.2. The van der Waals surface area contributed by atoms with E-state index in [2.05, 4.69) is 58.3 Å². The van der Waals surface area contributed by atoms with Crippen molar-refractivity contribution in [1.82, 2.24) is 19.2 Å². The van der Waals surface area contributed by atoms with Gasteiger partial charge >= 0.3 is 5.97 Å². The van der Waals surface area contributed by atoms with E-state index in [1.807, 2.05) is 31.2 Å². The Labute approximate surface area is 295 Å². The number of nitrogens with zero attached hydrogens (tertiary/aromatic N) is 4. The summed E-state index contributed by atoms with van der Waals surface area (Å²) >= 11 is 0. The lowest BCUT2D eigenvalue weighted by atomic mass is 9.93. The molecule has 2 aliphatic heterocycles. The molecular weight excluding hydrogens is 628 g/mol. The van der Waals surface area contributed by atoms with Crippen LogP contribution in [0, 0.1) is 6.92 Å². The fourth-order valence-corrected chi connectivity index (χ4v) is 7.79. The van der Waals surface area contributed by atoms with Gasteiger partial charge in [-0.15, -0.1) is 0 Å². The number of carbonyl (C=O) groups is 1. The number of carbonyl (C=O) groups excluding carboxylic acids is 1. The van der Waals surface area contributed by atoms with Crippen molar-refractivity contribution in [3.05, 3.63) is 82.8 Å². The summed E-state index contributed by atoms with van der Waals surface area (Å²) in [6, 6.07) is 18.9. The van der Waals surface area contributed by atoms with E-state index in [0.717, 1.165) is 115 Å². The Bertz CT molecular complexity index is 1950. The summed E-state index contributed by atoms with van der Waals surface area (Å²) in [5, 5.41) is 8.61. The molecule has 1 saturated heterocycles. The molecule has 0 aliphatic carbocycles. The number of ether oxygens (including phenoxy) is 4. The summed E-state index contributed by atoms with van der Waals surface area (Å²) in [4.78, 5) is 16.4. The molecule has 3 aromatic carbocycles. The van der Waals surface area contributed by atoms with Crippen molar-refractivity contribution in [2.24, 2.45) is 0 Å². The second-order valence-electron chi connectivity index (χ2n) is 13.3. The zero-order chi connectivity index (χ0) is 34.5. The number of esters is 1. The molecule has 0 N–H and O–H groups in total. The topological polar surface area (TPSA) is 80.0 Å². The first-order valence-electron chi connectivity index (χ1n) is 18.5. The monoisotopic (exact) mass is 678 g/mol. The second-order valence-corrected chi connectivity index (χ2v) is 13.3. The van der Waals surface area contributed by atoms with Gasteiger partial charge in [-0.1, -0.05) is 55.5 Å². The zero-order valence-electron chi connectivity index (χ0n) is 29.8. The number of hydrogen-bond donors (Lipinski definition) is 0. The van der Waals surface area contributed by atoms with Crippen LogP contribution in [0.1, 0.15) is 66.1 Å². The molecular formula is C41H50N4O5. The van der Waals surface area contributed by atoms with Crippen molar-refractivity contribution in [2.45, 2.75) is 72.6 Å². The first-order valence-corrected chi connectivity index (χ1v) is 18.5. The molecule has 0 bridgehead atoms. The minimum Gasteiger partial charge on any atom is -0.493 e. The molecule has 2 aromatic heterocycles. The van der Waals surface area contributed by atoms with Gasteiger partial charge in [0.1, 0.15) is 11.4 Å². The van der Waals surface area contributed by atoms with E-state index in [-0.39, 0.29) is 5.97 Å². The number of benzene rings is 3. The van der Waals surface area contributed by atoms with E-state index in [1.54, 1.807) is 0 Å². The number of hydrogen-bond acceptors (Lipinski definition) is 7. The van der Waals surface area contributed by atoms with Gasteiger partial charge in [-0.3, -0.25) is 9.58 Å². The number of morpholine rings is 1. The van der Waals surface area contributed by atoms with Gasteiger partial charge in [-0.2, -0.15) is 5.10 Å². The van der Waals surface area contributed by atoms with E-state index < -0.39 is 0 Å². The molecule has 4 heterocycles. The minimum absolute atomic E-state index is 0.263. The average molecular weight is 679 g/mol. The standard InChI is InChI=1S/C41H50N4O5/c1-4-35-38-34(42-45(35)21-20-43-22-26-47-27-23-43)28-48-24-9-8-19-44-39-33(18-17-29(3)37(38)39)32(40(44)41(46)49-5-2)15-11-25-50-36-16-10-13-30-12-6-7-14-31(30)36/h6-7,10,12-14,16-18H,4-5,8-9,11,15,19-28H2,1-3H3. The molecule has 2 aliphatic rings. The van der Waals surface area contributed by atoms with Gasteiger partial charge in [0, 0.05) is 60.4 Å². The van der Waals surface area contributed by atoms with Crippen LogP contribution in [-0.4, -0.2) is 77.9 Å². The molecule has 0 radical (unpaired) electrons. The maximum absolute atomic E-state index is 13.9. The average Bonchev–Trinajstić information content (AvgIpc) is 3.64. The molecule has 7 rings (SSSR count). The molecule has 0 amide bonds. The maximum Gasteiger partial charge on any atom is 0.355 e. The van der Waals surface area contributed by atoms with Crippen molar-refractivity contribution in [3.63, 3.8) is 0 Å². The first kappa shape index (κ1) is 34.3. The molecule has 5 aromatic rings. The van der Waals surface area contributed by atoms with Crippen molar-refractivity contribution < 1.29 is 23.7 Å². The number of aryl methyl sites for hydroxylation is 3. The van der Waals surface area contributed by atoms with Gasteiger partial charge in [0.05, 0.1) is 50.8 Å². The smallest absolute Gasteiger partial charge is 0.355 e. The summed E-state index contributed by atoms with van der Waals surface area (Å²) in [5.74, 6) is 0.622. The summed E-state index contributed by atoms with van der Waals surface area (Å²) in [7, 11) is 0. The van der Waals surface area contributed by atoms with Gasteiger partial charge in [0.15, 0.2) is 0 Å². The van der Waals surface area contributed by atoms with Crippen LogP contribution in [0.15, 0.2) is 54.6 Å². The normalized spacial score (nSPS) is 15.6. The second kappa shape index (κ2) is 15.8. The summed E-state index contributed by atoms with van der Waals surface area (Å²) in [5.41, 5.74) is 8.45. The highest BCUT2D eigenvalue weighted by Crippen LogP contribution is 2.41. The zero-order valence-corrected chi connectivity index (χ0v) is 29.8. The molecule has 9 nitrogen and oxygen atoms in total. The van der Waals surface area contributed by atoms with E-state index in [0.29, 0.717) is 45.1 Å². The molecule has 9 heteroatoms. The third kappa shape index (κ3) is 6.91. The van der Waals surface area contributed by atoms with Crippen molar-refractivity contribution in [2.75, 3.05) is 52.7 Å². The number of fused-ring (bicyclic) bond motifs is 3. The summed E-state index contributed by atoms with van der Waals surface area (Å²) in [6.45, 7) is 14.2. The fourth-order valence-electron chi connectivity index (χ4n) is 7.79. The van der Waals surface area contributed by atoms with Crippen LogP contribution in [0.25, 0.3) is 32.8 Å². The molecule has 0 atom stereocenters. The molecule has 264 valence electrons. The molecule has 0 spiro atoms. The molecule has 50 heavy (non-hydrogen) atoms. The molecule has 1 fully saturated rings. The third-order valence-electron chi connectivity index (χ3n) is 10.2. The predicted molar refractivity (Wildman–Crippen MR) is 197 cm³/mol. The Morgan fingerprint density at radius 1 is 0.880 bits per heavy atom. The van der Waals surface area contributed by atoms with Crippen molar-refractivity contribution in [3.8, 4) is 16.9 Å². The molecule has 0 unspecified atom stereocenters. The Balaban J connectivity index is 1.30. The maximum atomic E-state index is 13.9. The van der Waals surface area contributed by atoms with Crippen LogP contribution >= 0.6 is 0 Å². The van der Waals surface area contributed by atoms with E-state index >= 15 is 0 Å². The van der Waals surface area contributed by atoms with Gasteiger partial charge in [-0.25, -0.2) is 4.79 Å². The lowest BCUT2D eigenvalue weighted by Gasteiger charge is -2.26. The van der Waals surface area contributed by atoms with Crippen molar-refractivity contribution >= 4 is 27.6 Å². The quantitative estimate of drug-likeness (QED) is 0.107. The lowest BCUT2D eigenvalue weighted by Crippen LogP contribution is -2.38. The van der Waals surface area contributed by atoms with E-state index in [1.165, 1.54) is 11.3 Å². The van der Waals surface area contributed by atoms with Crippen LogP contribution in [0.4, 0.5) is 0 Å². The minimum atomic E-state index is -0.263. The number of rotatable bonds is 11. The Morgan fingerprint density at radius 2 is 1.72 bits per heavy atom. The van der Waals surface area contributed by atoms with Gasteiger partial charge in [-0.05, 0) is 68.5 Å². The summed E-state index contributed by atoms with van der Waals surface area (Å²) < 4.78 is 28.5. The van der Waals surface area contributed by atoms with Crippen LogP contribution in [0.5, 0.6) is 5.75 Å². The van der Waals surface area contributed by atoms with Gasteiger partial charge in [0.25, 0.3) is 0 Å². The highest BCUT2D eigenvalue weighted by molar-refractivity contribution is 6.05. The van der Waals surface area contributed by atoms with Crippen LogP contribution in [0.3, 0.4) is 0 Å². The van der Waals surface area contributed by atoms with Crippen LogP contribution in [-0.2, 0) is 46.7 Å². The Kier molecular flexibility index (Phi) is 10.8. The Hall–Kier alpha value is -4.18. The highest BCUT2D eigenvalue weighted by Gasteiger charge is 2.30. The van der Waals surface area contributed by atoms with Crippen LogP contribution in [0.2, 0.25) is 0 Å². The largest absolute Gasteiger partial charge is 0.493 e. The van der Waals surface area contributed by atoms with E-state index in [9.17, 15) is 4.79 Å². The van der Waals surface area contributed by atoms with Gasteiger partial charge < -0.3 is 23.5 Å².